The van der Waals surface area contributed by atoms with E-state index in [0.717, 1.165) is 22.2 Å². The second-order valence-corrected chi connectivity index (χ2v) is 5.18. The zero-order chi connectivity index (χ0) is 15.7. The van der Waals surface area contributed by atoms with Crippen LogP contribution in [0.15, 0.2) is 30.3 Å². The zero-order valence-corrected chi connectivity index (χ0v) is 12.4. The number of hydrogen-bond donors (Lipinski definition) is 3. The van der Waals surface area contributed by atoms with Gasteiger partial charge in [-0.25, -0.2) is 4.79 Å². The first-order chi connectivity index (χ1) is 10.6. The molecule has 1 aliphatic heterocycles. The standard InChI is InChI=1S/C16H18N2O4/c1-21-14(22-2)8-12-15-10(7-13(17-12)16(19)20)9-5-3-4-6-11(9)18-15/h3-6,8,13-14,17-18H,7H2,1-2H3,(H,19,20)/b12-8-. The highest BCUT2D eigenvalue weighted by atomic mass is 16.7. The van der Waals surface area contributed by atoms with Crippen LogP contribution in [0.4, 0.5) is 0 Å². The van der Waals surface area contributed by atoms with Crippen molar-refractivity contribution in [3.63, 3.8) is 0 Å². The normalized spacial score (nSPS) is 19.4. The maximum Gasteiger partial charge on any atom is 0.326 e. The molecule has 0 aliphatic carbocycles. The molecule has 6 heteroatoms. The summed E-state index contributed by atoms with van der Waals surface area (Å²) in [5.41, 5.74) is 3.55. The molecular weight excluding hydrogens is 284 g/mol. The third kappa shape index (κ3) is 2.47. The Morgan fingerprint density at radius 3 is 2.77 bits per heavy atom. The van der Waals surface area contributed by atoms with Crippen molar-refractivity contribution in [1.82, 2.24) is 10.3 Å². The molecule has 1 aliphatic rings. The Kier molecular flexibility index (Phi) is 3.87. The number of carbonyl (C=O) groups is 1. The molecule has 3 rings (SSSR count). The average molecular weight is 302 g/mol. The Bertz CT molecular complexity index is 731. The Morgan fingerprint density at radius 1 is 1.36 bits per heavy atom. The first-order valence-electron chi connectivity index (χ1n) is 7.00. The number of hydrogen-bond acceptors (Lipinski definition) is 4. The van der Waals surface area contributed by atoms with Gasteiger partial charge in [0.2, 0.25) is 0 Å². The Morgan fingerprint density at radius 2 is 2.09 bits per heavy atom. The number of aliphatic carboxylic acids is 1. The van der Waals surface area contributed by atoms with Crippen LogP contribution < -0.4 is 5.32 Å². The van der Waals surface area contributed by atoms with Gasteiger partial charge >= 0.3 is 5.97 Å². The molecule has 1 aromatic carbocycles. The second kappa shape index (κ2) is 5.82. The number of aromatic amines is 1. The van der Waals surface area contributed by atoms with Crippen LogP contribution in [0.3, 0.4) is 0 Å². The van der Waals surface area contributed by atoms with Crippen molar-refractivity contribution in [2.24, 2.45) is 0 Å². The molecule has 6 nitrogen and oxygen atoms in total. The van der Waals surface area contributed by atoms with Crippen LogP contribution in [-0.2, 0) is 20.7 Å². The number of nitrogens with one attached hydrogen (secondary N) is 2. The van der Waals surface area contributed by atoms with E-state index in [1.807, 2.05) is 24.3 Å². The quantitative estimate of drug-likeness (QED) is 0.749. The van der Waals surface area contributed by atoms with Gasteiger partial charge in [-0.15, -0.1) is 0 Å². The summed E-state index contributed by atoms with van der Waals surface area (Å²) < 4.78 is 10.4. The molecule has 0 amide bonds. The van der Waals surface area contributed by atoms with Crippen molar-refractivity contribution in [3.05, 3.63) is 41.6 Å². The van der Waals surface area contributed by atoms with Gasteiger partial charge < -0.3 is 24.9 Å². The van der Waals surface area contributed by atoms with Crippen LogP contribution in [0.2, 0.25) is 0 Å². The van der Waals surface area contributed by atoms with Crippen molar-refractivity contribution in [3.8, 4) is 0 Å². The zero-order valence-electron chi connectivity index (χ0n) is 12.4. The van der Waals surface area contributed by atoms with Crippen LogP contribution in [-0.4, -0.2) is 42.6 Å². The fourth-order valence-electron chi connectivity index (χ4n) is 2.81. The fourth-order valence-corrected chi connectivity index (χ4v) is 2.81. The summed E-state index contributed by atoms with van der Waals surface area (Å²) in [4.78, 5) is 14.8. The van der Waals surface area contributed by atoms with Gasteiger partial charge in [0, 0.05) is 31.5 Å². The van der Waals surface area contributed by atoms with Gasteiger partial charge in [-0.2, -0.15) is 0 Å². The van der Waals surface area contributed by atoms with Crippen molar-refractivity contribution in [2.45, 2.75) is 18.8 Å². The topological polar surface area (TPSA) is 83.6 Å². The molecule has 0 saturated heterocycles. The number of ether oxygens (including phenoxy) is 2. The Balaban J connectivity index is 2.14. The summed E-state index contributed by atoms with van der Waals surface area (Å²) in [6.45, 7) is 0. The molecule has 1 aromatic heterocycles. The van der Waals surface area contributed by atoms with Gasteiger partial charge in [0.15, 0.2) is 6.29 Å². The van der Waals surface area contributed by atoms with E-state index in [1.165, 1.54) is 14.2 Å². The summed E-state index contributed by atoms with van der Waals surface area (Å²) in [7, 11) is 3.07. The van der Waals surface area contributed by atoms with Crippen LogP contribution in [0.1, 0.15) is 11.3 Å². The van der Waals surface area contributed by atoms with Gasteiger partial charge in [0.25, 0.3) is 0 Å². The van der Waals surface area contributed by atoms with Crippen molar-refractivity contribution >= 4 is 22.6 Å². The van der Waals surface area contributed by atoms with E-state index < -0.39 is 18.3 Å². The highest BCUT2D eigenvalue weighted by molar-refractivity contribution is 5.92. The van der Waals surface area contributed by atoms with Crippen molar-refractivity contribution in [1.29, 1.82) is 0 Å². The fraction of sp³-hybridized carbons (Fsp3) is 0.312. The van der Waals surface area contributed by atoms with Crippen molar-refractivity contribution in [2.75, 3.05) is 14.2 Å². The molecule has 0 spiro atoms. The number of aromatic nitrogens is 1. The minimum Gasteiger partial charge on any atom is -0.480 e. The van der Waals surface area contributed by atoms with Crippen molar-refractivity contribution < 1.29 is 19.4 Å². The van der Waals surface area contributed by atoms with E-state index >= 15 is 0 Å². The molecular formula is C16H18N2O4. The lowest BCUT2D eigenvalue weighted by Gasteiger charge is -2.25. The first kappa shape index (κ1) is 14.6. The highest BCUT2D eigenvalue weighted by Crippen LogP contribution is 2.31. The molecule has 1 atom stereocenters. The van der Waals surface area contributed by atoms with E-state index in [1.54, 1.807) is 6.08 Å². The largest absolute Gasteiger partial charge is 0.480 e. The molecule has 116 valence electrons. The number of rotatable bonds is 4. The Hall–Kier alpha value is -2.31. The summed E-state index contributed by atoms with van der Waals surface area (Å²) >= 11 is 0. The first-order valence-corrected chi connectivity index (χ1v) is 7.00. The number of fused-ring (bicyclic) bond motifs is 3. The van der Waals surface area contributed by atoms with Crippen LogP contribution >= 0.6 is 0 Å². The smallest absolute Gasteiger partial charge is 0.326 e. The monoisotopic (exact) mass is 302 g/mol. The summed E-state index contributed by atoms with van der Waals surface area (Å²) in [5, 5.41) is 13.5. The third-order valence-electron chi connectivity index (χ3n) is 3.89. The SMILES string of the molecule is COC(/C=C1\NC(C(=O)O)Cc2c1[nH]c1ccccc21)OC. The minimum atomic E-state index is -0.881. The van der Waals surface area contributed by atoms with E-state index in [4.69, 9.17) is 9.47 Å². The van der Waals surface area contributed by atoms with Gasteiger partial charge in [-0.05, 0) is 17.7 Å². The van der Waals surface area contributed by atoms with Gasteiger partial charge in [0.05, 0.1) is 11.4 Å². The predicted octanol–water partition coefficient (Wildman–Crippen LogP) is 1.73. The molecule has 2 heterocycles. The summed E-state index contributed by atoms with van der Waals surface area (Å²) in [6, 6.07) is 7.20. The maximum absolute atomic E-state index is 11.4. The maximum atomic E-state index is 11.4. The van der Waals surface area contributed by atoms with Crippen LogP contribution in [0.5, 0.6) is 0 Å². The lowest BCUT2D eigenvalue weighted by molar-refractivity contribution is -0.139. The summed E-state index contributed by atoms with van der Waals surface area (Å²) in [6.07, 6.45) is 1.62. The van der Waals surface area contributed by atoms with Gasteiger partial charge in [0.1, 0.15) is 6.04 Å². The van der Waals surface area contributed by atoms with E-state index in [9.17, 15) is 9.90 Å². The molecule has 0 saturated carbocycles. The second-order valence-electron chi connectivity index (χ2n) is 5.18. The van der Waals surface area contributed by atoms with Gasteiger partial charge in [-0.3, -0.25) is 0 Å². The minimum absolute atomic E-state index is 0.427. The molecule has 2 aromatic rings. The lowest BCUT2D eigenvalue weighted by Crippen LogP contribution is -2.41. The lowest BCUT2D eigenvalue weighted by atomic mass is 9.96. The van der Waals surface area contributed by atoms with E-state index in [0.29, 0.717) is 12.1 Å². The molecule has 3 N–H and O–H groups in total. The number of carboxylic acid groups (broad SMARTS) is 1. The molecule has 0 fully saturated rings. The average Bonchev–Trinajstić information content (AvgIpc) is 2.91. The summed E-state index contributed by atoms with van der Waals surface area (Å²) in [5.74, 6) is -0.881. The molecule has 0 bridgehead atoms. The highest BCUT2D eigenvalue weighted by Gasteiger charge is 2.30. The molecule has 0 radical (unpaired) electrons. The number of para-hydroxylation sites is 1. The molecule has 22 heavy (non-hydrogen) atoms. The number of benzene rings is 1. The third-order valence-corrected chi connectivity index (χ3v) is 3.89. The van der Waals surface area contributed by atoms with Crippen LogP contribution in [0.25, 0.3) is 16.6 Å². The molecule has 1 unspecified atom stereocenters. The van der Waals surface area contributed by atoms with E-state index in [2.05, 4.69) is 10.3 Å². The number of H-pyrrole nitrogens is 1. The predicted molar refractivity (Wildman–Crippen MR) is 82.3 cm³/mol. The Labute approximate surface area is 127 Å². The number of carboxylic acids is 1. The number of methoxy groups -OCH3 is 2. The van der Waals surface area contributed by atoms with Gasteiger partial charge in [-0.1, -0.05) is 18.2 Å². The van der Waals surface area contributed by atoms with Crippen LogP contribution in [0, 0.1) is 0 Å². The van der Waals surface area contributed by atoms with E-state index in [-0.39, 0.29) is 0 Å².